The van der Waals surface area contributed by atoms with Crippen molar-refractivity contribution in [2.45, 2.75) is 31.9 Å². The van der Waals surface area contributed by atoms with E-state index in [1.54, 1.807) is 19.4 Å². The number of nitrogens with one attached hydrogen (secondary N) is 3. The molecular weight excluding hydrogens is 463 g/mol. The van der Waals surface area contributed by atoms with Crippen LogP contribution in [0.4, 0.5) is 0 Å². The van der Waals surface area contributed by atoms with Gasteiger partial charge in [-0.15, -0.1) is 29.1 Å². The average Bonchev–Trinajstić information content (AvgIpc) is 3.42. The van der Waals surface area contributed by atoms with Crippen molar-refractivity contribution in [2.24, 2.45) is 4.99 Å². The highest BCUT2D eigenvalue weighted by molar-refractivity contribution is 14.0. The van der Waals surface area contributed by atoms with Gasteiger partial charge >= 0.3 is 0 Å². The van der Waals surface area contributed by atoms with E-state index < -0.39 is 0 Å². The van der Waals surface area contributed by atoms with Crippen LogP contribution in [-0.2, 0) is 16.0 Å². The highest BCUT2D eigenvalue weighted by Gasteiger charge is 2.14. The zero-order chi connectivity index (χ0) is 18.0. The Balaban J connectivity index is 0.00000261. The summed E-state index contributed by atoms with van der Waals surface area (Å²) in [6, 6.07) is 3.63. The van der Waals surface area contributed by atoms with E-state index >= 15 is 0 Å². The summed E-state index contributed by atoms with van der Waals surface area (Å²) in [6.07, 6.45) is 5.03. The van der Waals surface area contributed by atoms with E-state index in [0.717, 1.165) is 32.4 Å². The molecule has 0 aromatic carbocycles. The van der Waals surface area contributed by atoms with Crippen molar-refractivity contribution in [2.75, 3.05) is 33.4 Å². The molecule has 10 heteroatoms. The Morgan fingerprint density at radius 2 is 2.37 bits per heavy atom. The van der Waals surface area contributed by atoms with Gasteiger partial charge in [-0.3, -0.25) is 10.1 Å². The van der Waals surface area contributed by atoms with Crippen molar-refractivity contribution >= 4 is 29.9 Å². The van der Waals surface area contributed by atoms with Gasteiger partial charge in [0.15, 0.2) is 11.7 Å². The largest absolute Gasteiger partial charge is 0.461 e. The van der Waals surface area contributed by atoms with E-state index in [1.807, 2.05) is 6.07 Å². The van der Waals surface area contributed by atoms with Gasteiger partial charge in [-0.25, -0.2) is 4.98 Å². The first-order valence-corrected chi connectivity index (χ1v) is 8.94. The van der Waals surface area contributed by atoms with Crippen LogP contribution in [0.25, 0.3) is 11.6 Å². The Labute approximate surface area is 175 Å². The van der Waals surface area contributed by atoms with Crippen LogP contribution in [0, 0.1) is 0 Å². The van der Waals surface area contributed by atoms with E-state index in [0.29, 0.717) is 43.1 Å². The lowest BCUT2D eigenvalue weighted by Gasteiger charge is -2.12. The van der Waals surface area contributed by atoms with Crippen molar-refractivity contribution < 1.29 is 13.9 Å². The summed E-state index contributed by atoms with van der Waals surface area (Å²) in [5.41, 5.74) is 0. The minimum absolute atomic E-state index is 0. The van der Waals surface area contributed by atoms with E-state index in [9.17, 15) is 0 Å². The molecule has 3 heterocycles. The van der Waals surface area contributed by atoms with Crippen molar-refractivity contribution in [1.82, 2.24) is 25.8 Å². The number of hydrogen-bond acceptors (Lipinski definition) is 6. The minimum atomic E-state index is 0. The quantitative estimate of drug-likeness (QED) is 0.213. The highest BCUT2D eigenvalue weighted by atomic mass is 127. The summed E-state index contributed by atoms with van der Waals surface area (Å²) < 4.78 is 16.4. The molecule has 3 rings (SSSR count). The number of hydrogen-bond donors (Lipinski definition) is 3. The molecule has 150 valence electrons. The highest BCUT2D eigenvalue weighted by Crippen LogP contribution is 2.14. The molecule has 1 aliphatic heterocycles. The van der Waals surface area contributed by atoms with Crippen molar-refractivity contribution in [1.29, 1.82) is 0 Å². The molecule has 1 fully saturated rings. The maximum absolute atomic E-state index is 5.64. The van der Waals surface area contributed by atoms with Crippen LogP contribution >= 0.6 is 24.0 Å². The second kappa shape index (κ2) is 11.9. The molecule has 1 aliphatic rings. The van der Waals surface area contributed by atoms with Gasteiger partial charge in [0.1, 0.15) is 5.82 Å². The van der Waals surface area contributed by atoms with Gasteiger partial charge < -0.3 is 24.5 Å². The SMILES string of the molecule is CN=C(NCCCOCC1CCCO1)NCc1nc(-c2ccco2)n[nH]1.I. The summed E-state index contributed by atoms with van der Waals surface area (Å²) in [5.74, 6) is 2.59. The Morgan fingerprint density at radius 1 is 1.44 bits per heavy atom. The number of halogens is 1. The fourth-order valence-corrected chi connectivity index (χ4v) is 2.65. The predicted octanol–water partition coefficient (Wildman–Crippen LogP) is 1.93. The lowest BCUT2D eigenvalue weighted by Crippen LogP contribution is -2.37. The Kier molecular flexibility index (Phi) is 9.56. The topological polar surface area (TPSA) is 110 Å². The lowest BCUT2D eigenvalue weighted by atomic mass is 10.2. The maximum atomic E-state index is 5.64. The summed E-state index contributed by atoms with van der Waals surface area (Å²) >= 11 is 0. The van der Waals surface area contributed by atoms with Gasteiger partial charge in [0.2, 0.25) is 5.82 Å². The number of aliphatic imine (C=N–C) groups is 1. The van der Waals surface area contributed by atoms with Crippen LogP contribution in [0.2, 0.25) is 0 Å². The maximum Gasteiger partial charge on any atom is 0.216 e. The molecule has 27 heavy (non-hydrogen) atoms. The number of H-pyrrole nitrogens is 1. The third-order valence-corrected chi connectivity index (χ3v) is 4.01. The average molecular weight is 490 g/mol. The molecule has 2 aromatic rings. The number of aromatic nitrogens is 3. The van der Waals surface area contributed by atoms with Crippen molar-refractivity contribution in [3.63, 3.8) is 0 Å². The van der Waals surface area contributed by atoms with E-state index in [2.05, 4.69) is 30.8 Å². The van der Waals surface area contributed by atoms with Crippen LogP contribution in [0.1, 0.15) is 25.1 Å². The van der Waals surface area contributed by atoms with Gasteiger partial charge in [-0.2, -0.15) is 0 Å². The molecule has 0 aliphatic carbocycles. The van der Waals surface area contributed by atoms with Crippen LogP contribution in [-0.4, -0.2) is 60.7 Å². The number of furan rings is 1. The second-order valence-electron chi connectivity index (χ2n) is 6.00. The van der Waals surface area contributed by atoms with Gasteiger partial charge in [0, 0.05) is 26.8 Å². The third-order valence-electron chi connectivity index (χ3n) is 4.01. The summed E-state index contributed by atoms with van der Waals surface area (Å²) in [5, 5.41) is 13.5. The first-order chi connectivity index (χ1) is 12.8. The molecule has 0 amide bonds. The van der Waals surface area contributed by atoms with E-state index in [1.165, 1.54) is 0 Å². The fourth-order valence-electron chi connectivity index (χ4n) is 2.65. The van der Waals surface area contributed by atoms with Gasteiger partial charge in [0.25, 0.3) is 0 Å². The molecule has 0 saturated carbocycles. The molecule has 0 radical (unpaired) electrons. The summed E-state index contributed by atoms with van der Waals surface area (Å²) in [4.78, 5) is 8.57. The molecule has 1 unspecified atom stereocenters. The second-order valence-corrected chi connectivity index (χ2v) is 6.00. The Hall–Kier alpha value is -1.66. The zero-order valence-corrected chi connectivity index (χ0v) is 17.8. The normalized spacial score (nSPS) is 16.9. The van der Waals surface area contributed by atoms with Gasteiger partial charge in [0.05, 0.1) is 25.5 Å². The Morgan fingerprint density at radius 3 is 3.11 bits per heavy atom. The Bertz CT molecular complexity index is 670. The molecular formula is C17H27IN6O3. The van der Waals surface area contributed by atoms with Crippen LogP contribution in [0.15, 0.2) is 27.8 Å². The van der Waals surface area contributed by atoms with Gasteiger partial charge in [-0.1, -0.05) is 0 Å². The standard InChI is InChI=1S/C17H26N6O3.HI/c1-18-17(19-7-4-8-24-12-13-5-2-9-25-13)20-11-15-21-16(23-22-15)14-6-3-10-26-14;/h3,6,10,13H,2,4-5,7-9,11-12H2,1H3,(H2,18,19,20)(H,21,22,23);1H. The molecule has 1 atom stereocenters. The minimum Gasteiger partial charge on any atom is -0.461 e. The van der Waals surface area contributed by atoms with E-state index in [-0.39, 0.29) is 30.1 Å². The van der Waals surface area contributed by atoms with Crippen LogP contribution in [0.5, 0.6) is 0 Å². The van der Waals surface area contributed by atoms with Crippen LogP contribution < -0.4 is 10.6 Å². The molecule has 0 bridgehead atoms. The number of guanidine groups is 1. The predicted molar refractivity (Wildman–Crippen MR) is 112 cm³/mol. The smallest absolute Gasteiger partial charge is 0.216 e. The van der Waals surface area contributed by atoms with Crippen LogP contribution in [0.3, 0.4) is 0 Å². The monoisotopic (exact) mass is 490 g/mol. The zero-order valence-electron chi connectivity index (χ0n) is 15.4. The number of ether oxygens (including phenoxy) is 2. The lowest BCUT2D eigenvalue weighted by molar-refractivity contribution is 0.0168. The number of rotatable bonds is 9. The third kappa shape index (κ3) is 7.11. The van der Waals surface area contributed by atoms with Crippen molar-refractivity contribution in [3.05, 3.63) is 24.2 Å². The molecule has 9 nitrogen and oxygen atoms in total. The van der Waals surface area contributed by atoms with Crippen molar-refractivity contribution in [3.8, 4) is 11.6 Å². The van der Waals surface area contributed by atoms with Gasteiger partial charge in [-0.05, 0) is 31.4 Å². The molecule has 0 spiro atoms. The molecule has 3 N–H and O–H groups in total. The number of aromatic amines is 1. The molecule has 2 aromatic heterocycles. The summed E-state index contributed by atoms with van der Waals surface area (Å²) in [7, 11) is 1.73. The summed E-state index contributed by atoms with van der Waals surface area (Å²) in [6.45, 7) is 3.53. The van der Waals surface area contributed by atoms with E-state index in [4.69, 9.17) is 13.9 Å². The fraction of sp³-hybridized carbons (Fsp3) is 0.588. The first-order valence-electron chi connectivity index (χ1n) is 8.94. The first kappa shape index (κ1) is 21.6. The number of nitrogens with zero attached hydrogens (tertiary/aromatic N) is 3. The molecule has 1 saturated heterocycles.